The van der Waals surface area contributed by atoms with Crippen molar-refractivity contribution >= 4 is 19.6 Å². The topological polar surface area (TPSA) is 182 Å². The first-order valence-electron chi connectivity index (χ1n) is 5.03. The Morgan fingerprint density at radius 1 is 1.16 bits per heavy atom. The van der Waals surface area contributed by atoms with Gasteiger partial charge in [0.25, 0.3) is 0 Å². The van der Waals surface area contributed by atoms with Gasteiger partial charge in [0.05, 0.1) is 6.10 Å². The maximum atomic E-state index is 11.2. The Bertz CT molecular complexity index is 363. The van der Waals surface area contributed by atoms with Crippen LogP contribution in [0.15, 0.2) is 0 Å². The van der Waals surface area contributed by atoms with Crippen LogP contribution in [0.4, 0.5) is 0 Å². The first-order chi connectivity index (χ1) is 8.54. The summed E-state index contributed by atoms with van der Waals surface area (Å²) in [6.07, 6.45) is -6.69. The molecule has 0 rings (SSSR count). The average molecular weight is 302 g/mol. The molecule has 0 radical (unpaired) electrons. The molecule has 10 nitrogen and oxygen atoms in total. The smallest absolute Gasteiger partial charge is 0.470 e. The number of aliphatic carboxylic acids is 1. The zero-order valence-corrected chi connectivity index (χ0v) is 10.5. The quantitative estimate of drug-likeness (QED) is 0.251. The van der Waals surface area contributed by atoms with Crippen LogP contribution in [-0.4, -0.2) is 66.9 Å². The van der Waals surface area contributed by atoms with E-state index in [2.05, 4.69) is 4.52 Å². The molecule has 0 unspecified atom stereocenters. The Hall–Kier alpha value is -0.870. The van der Waals surface area contributed by atoms with Crippen LogP contribution in [0.25, 0.3) is 0 Å². The Morgan fingerprint density at radius 2 is 1.68 bits per heavy atom. The molecule has 0 aromatic rings. The van der Waals surface area contributed by atoms with Gasteiger partial charge in [-0.25, -0.2) is 4.57 Å². The number of carbonyl (C=O) groups excluding carboxylic acids is 1. The van der Waals surface area contributed by atoms with E-state index in [9.17, 15) is 29.5 Å². The van der Waals surface area contributed by atoms with E-state index >= 15 is 0 Å². The van der Waals surface area contributed by atoms with E-state index in [1.54, 1.807) is 0 Å². The van der Waals surface area contributed by atoms with Crippen LogP contribution in [0.2, 0.25) is 0 Å². The molecule has 0 bridgehead atoms. The molecule has 3 atom stereocenters. The van der Waals surface area contributed by atoms with Gasteiger partial charge in [0.1, 0.15) is 18.8 Å². The number of carboxylic acid groups (broad SMARTS) is 1. The van der Waals surface area contributed by atoms with Crippen LogP contribution in [0, 0.1) is 0 Å². The van der Waals surface area contributed by atoms with E-state index in [-0.39, 0.29) is 0 Å². The molecular weight excluding hydrogens is 287 g/mol. The SMILES string of the molecule is O=C(O)CC[C@@H](O)[C@H](O)[C@@H](O)C(=O)COP(=O)(O)O. The summed E-state index contributed by atoms with van der Waals surface area (Å²) in [5.74, 6) is -2.50. The molecule has 11 heteroatoms. The Kier molecular flexibility index (Phi) is 7.30. The second-order valence-electron chi connectivity index (χ2n) is 3.67. The predicted octanol–water partition coefficient (Wildman–Crippen LogP) is -2.39. The van der Waals surface area contributed by atoms with Crippen molar-refractivity contribution in [3.8, 4) is 0 Å². The molecule has 0 aromatic carbocycles. The van der Waals surface area contributed by atoms with Gasteiger partial charge < -0.3 is 30.2 Å². The lowest BCUT2D eigenvalue weighted by Crippen LogP contribution is -2.43. The molecule has 0 aliphatic rings. The molecule has 0 aliphatic heterocycles. The normalized spacial score (nSPS) is 16.7. The monoisotopic (exact) mass is 302 g/mol. The second-order valence-corrected chi connectivity index (χ2v) is 4.90. The van der Waals surface area contributed by atoms with Crippen LogP contribution in [-0.2, 0) is 18.7 Å². The number of phosphoric ester groups is 1. The molecular formula is C8H15O10P. The lowest BCUT2D eigenvalue weighted by atomic mass is 10.0. The van der Waals surface area contributed by atoms with E-state index < -0.39 is 57.3 Å². The third kappa shape index (κ3) is 8.01. The van der Waals surface area contributed by atoms with Crippen LogP contribution in [0.1, 0.15) is 12.8 Å². The van der Waals surface area contributed by atoms with Crippen LogP contribution in [0.5, 0.6) is 0 Å². The van der Waals surface area contributed by atoms with Gasteiger partial charge in [0.15, 0.2) is 5.78 Å². The summed E-state index contributed by atoms with van der Waals surface area (Å²) in [5.41, 5.74) is 0. The largest absolute Gasteiger partial charge is 0.481 e. The summed E-state index contributed by atoms with van der Waals surface area (Å²) in [6, 6.07) is 0. The Balaban J connectivity index is 4.30. The molecule has 0 amide bonds. The fourth-order valence-corrected chi connectivity index (χ4v) is 1.37. The van der Waals surface area contributed by atoms with E-state index in [1.165, 1.54) is 0 Å². The number of carboxylic acids is 1. The lowest BCUT2D eigenvalue weighted by molar-refractivity contribution is -0.143. The van der Waals surface area contributed by atoms with Crippen molar-refractivity contribution in [1.82, 2.24) is 0 Å². The number of hydrogen-bond acceptors (Lipinski definition) is 7. The van der Waals surface area contributed by atoms with Crippen LogP contribution < -0.4 is 0 Å². The summed E-state index contributed by atoms with van der Waals surface area (Å²) >= 11 is 0. The molecule has 0 aromatic heterocycles. The summed E-state index contributed by atoms with van der Waals surface area (Å²) in [5, 5.41) is 36.2. The predicted molar refractivity (Wildman–Crippen MR) is 57.9 cm³/mol. The number of aliphatic hydroxyl groups excluding tert-OH is 3. The molecule has 0 fully saturated rings. The number of rotatable bonds is 9. The summed E-state index contributed by atoms with van der Waals surface area (Å²) in [6.45, 7) is -1.16. The summed E-state index contributed by atoms with van der Waals surface area (Å²) in [4.78, 5) is 38.0. The molecule has 112 valence electrons. The van der Waals surface area contributed by atoms with Crippen molar-refractivity contribution in [2.24, 2.45) is 0 Å². The zero-order chi connectivity index (χ0) is 15.2. The van der Waals surface area contributed by atoms with Crippen molar-refractivity contribution in [2.75, 3.05) is 6.61 Å². The van der Waals surface area contributed by atoms with Gasteiger partial charge in [-0.05, 0) is 6.42 Å². The minimum Gasteiger partial charge on any atom is -0.481 e. The van der Waals surface area contributed by atoms with Gasteiger partial charge in [0.2, 0.25) is 0 Å². The van der Waals surface area contributed by atoms with Gasteiger partial charge in [-0.15, -0.1) is 0 Å². The van der Waals surface area contributed by atoms with Gasteiger partial charge in [0, 0.05) is 6.42 Å². The van der Waals surface area contributed by atoms with Crippen molar-refractivity contribution < 1.29 is 48.9 Å². The molecule has 0 saturated carbocycles. The Morgan fingerprint density at radius 3 is 2.11 bits per heavy atom. The molecule has 19 heavy (non-hydrogen) atoms. The van der Waals surface area contributed by atoms with E-state index in [4.69, 9.17) is 14.9 Å². The van der Waals surface area contributed by atoms with E-state index in [1.807, 2.05) is 0 Å². The molecule has 0 spiro atoms. The van der Waals surface area contributed by atoms with Gasteiger partial charge in [-0.1, -0.05) is 0 Å². The maximum absolute atomic E-state index is 11.2. The van der Waals surface area contributed by atoms with Crippen molar-refractivity contribution in [2.45, 2.75) is 31.2 Å². The standard InChI is InChI=1S/C8H15O10P/c9-4(1-2-6(11)12)7(13)8(14)5(10)3-18-19(15,16)17/h4,7-9,13-14H,1-3H2,(H,11,12)(H2,15,16,17)/t4-,7+,8+/m1/s1. The van der Waals surface area contributed by atoms with Crippen LogP contribution in [0.3, 0.4) is 0 Å². The maximum Gasteiger partial charge on any atom is 0.470 e. The number of phosphoric acid groups is 1. The first kappa shape index (κ1) is 18.1. The van der Waals surface area contributed by atoms with Gasteiger partial charge in [-0.2, -0.15) is 0 Å². The van der Waals surface area contributed by atoms with Gasteiger partial charge >= 0.3 is 13.8 Å². The highest BCUT2D eigenvalue weighted by atomic mass is 31.2. The third-order valence-corrected chi connectivity index (χ3v) is 2.54. The van der Waals surface area contributed by atoms with Crippen LogP contribution >= 0.6 is 7.82 Å². The Labute approximate surface area is 107 Å². The van der Waals surface area contributed by atoms with E-state index in [0.717, 1.165) is 0 Å². The summed E-state index contributed by atoms with van der Waals surface area (Å²) in [7, 11) is -4.89. The minimum absolute atomic E-state index is 0.403. The minimum atomic E-state index is -4.89. The number of hydrogen-bond donors (Lipinski definition) is 6. The number of aliphatic hydroxyl groups is 3. The first-order valence-corrected chi connectivity index (χ1v) is 6.56. The fraction of sp³-hybridized carbons (Fsp3) is 0.750. The van der Waals surface area contributed by atoms with Crippen molar-refractivity contribution in [1.29, 1.82) is 0 Å². The van der Waals surface area contributed by atoms with Gasteiger partial charge in [-0.3, -0.25) is 14.1 Å². The third-order valence-electron chi connectivity index (χ3n) is 2.08. The highest BCUT2D eigenvalue weighted by Gasteiger charge is 2.31. The number of carbonyl (C=O) groups is 2. The zero-order valence-electron chi connectivity index (χ0n) is 9.62. The highest BCUT2D eigenvalue weighted by Crippen LogP contribution is 2.35. The van der Waals surface area contributed by atoms with E-state index in [0.29, 0.717) is 0 Å². The van der Waals surface area contributed by atoms with Crippen molar-refractivity contribution in [3.05, 3.63) is 0 Å². The molecule has 0 aliphatic carbocycles. The highest BCUT2D eigenvalue weighted by molar-refractivity contribution is 7.46. The molecule has 6 N–H and O–H groups in total. The van der Waals surface area contributed by atoms with Crippen molar-refractivity contribution in [3.63, 3.8) is 0 Å². The molecule has 0 saturated heterocycles. The lowest BCUT2D eigenvalue weighted by Gasteiger charge is -2.21. The number of ketones is 1. The average Bonchev–Trinajstić information content (AvgIpc) is 2.29. The molecule has 0 heterocycles. The second kappa shape index (κ2) is 7.65. The number of Topliss-reactive ketones (excluding diaryl/α,β-unsaturated/α-hetero) is 1. The fourth-order valence-electron chi connectivity index (χ4n) is 1.08. The summed E-state index contributed by atoms with van der Waals surface area (Å²) < 4.78 is 14.1.